The zero-order chi connectivity index (χ0) is 22.0. The van der Waals surface area contributed by atoms with Gasteiger partial charge in [0.2, 0.25) is 0 Å². The average Bonchev–Trinajstić information content (AvgIpc) is 2.97. The molecule has 30 heavy (non-hydrogen) atoms. The van der Waals surface area contributed by atoms with E-state index in [4.69, 9.17) is 17.3 Å². The van der Waals surface area contributed by atoms with E-state index < -0.39 is 18.4 Å². The molecule has 0 spiro atoms. The molecular formula is C20H22N4O4S2. The van der Waals surface area contributed by atoms with Gasteiger partial charge in [-0.2, -0.15) is 5.26 Å². The van der Waals surface area contributed by atoms with E-state index in [1.807, 2.05) is 13.0 Å². The maximum absolute atomic E-state index is 12.9. The van der Waals surface area contributed by atoms with Crippen LogP contribution in [0.4, 0.5) is 5.82 Å². The van der Waals surface area contributed by atoms with Crippen molar-refractivity contribution in [3.8, 4) is 6.07 Å². The van der Waals surface area contributed by atoms with E-state index in [0.29, 0.717) is 23.5 Å². The number of carboxylic acids is 1. The van der Waals surface area contributed by atoms with Crippen molar-refractivity contribution in [1.82, 2.24) is 9.47 Å². The number of pyridine rings is 1. The zero-order valence-corrected chi connectivity index (χ0v) is 18.4. The molecule has 1 N–H and O–H groups in total. The van der Waals surface area contributed by atoms with Crippen molar-refractivity contribution in [2.24, 2.45) is 0 Å². The highest BCUT2D eigenvalue weighted by Crippen LogP contribution is 2.36. The quantitative estimate of drug-likeness (QED) is 0.543. The highest BCUT2D eigenvalue weighted by molar-refractivity contribution is 8.26. The molecule has 0 unspecified atom stereocenters. The second kappa shape index (κ2) is 9.02. The molecule has 2 saturated heterocycles. The molecule has 8 nitrogen and oxygen atoms in total. The Morgan fingerprint density at radius 3 is 2.53 bits per heavy atom. The maximum Gasteiger partial charge on any atom is 0.323 e. The molecule has 2 aliphatic heterocycles. The van der Waals surface area contributed by atoms with Crippen molar-refractivity contribution in [3.63, 3.8) is 0 Å². The van der Waals surface area contributed by atoms with Crippen molar-refractivity contribution in [2.45, 2.75) is 39.7 Å². The summed E-state index contributed by atoms with van der Waals surface area (Å²) in [6.45, 7) is 5.01. The minimum atomic E-state index is -1.15. The summed E-state index contributed by atoms with van der Waals surface area (Å²) < 4.78 is 1.76. The van der Waals surface area contributed by atoms with Gasteiger partial charge in [-0.25, -0.2) is 0 Å². The van der Waals surface area contributed by atoms with Crippen LogP contribution < -0.4 is 10.5 Å². The fraction of sp³-hybridized carbons (Fsp3) is 0.450. The van der Waals surface area contributed by atoms with Crippen LogP contribution in [0.2, 0.25) is 0 Å². The maximum atomic E-state index is 12.9. The standard InChI is InChI=1S/C20H22N4O4S2/c1-3-23-17(22-7-5-4-6-8-22)13(12(2)14(10-21)18(23)27)9-15-19(28)24(11-16(25)26)20(29)30-15/h9H,3-8,11H2,1-2H3,(H,25,26)/b15-9+. The number of carbonyl (C=O) groups excluding carboxylic acids is 1. The summed E-state index contributed by atoms with van der Waals surface area (Å²) in [6, 6.07) is 2.00. The lowest BCUT2D eigenvalue weighted by atomic mass is 10.0. The van der Waals surface area contributed by atoms with Crippen molar-refractivity contribution in [1.29, 1.82) is 5.26 Å². The molecule has 0 aliphatic carbocycles. The number of hydrogen-bond donors (Lipinski definition) is 1. The number of aromatic nitrogens is 1. The zero-order valence-electron chi connectivity index (χ0n) is 16.8. The van der Waals surface area contributed by atoms with Gasteiger partial charge < -0.3 is 10.0 Å². The van der Waals surface area contributed by atoms with Crippen molar-refractivity contribution >= 4 is 52.1 Å². The highest BCUT2D eigenvalue weighted by atomic mass is 32.2. The molecule has 0 atom stereocenters. The van der Waals surface area contributed by atoms with Crippen molar-refractivity contribution < 1.29 is 14.7 Å². The SMILES string of the molecule is CCn1c(N2CCCCC2)c(/C=C2/SC(=S)N(CC(=O)O)C2=O)c(C)c(C#N)c1=O. The van der Waals surface area contributed by atoms with Crippen LogP contribution in [0.25, 0.3) is 6.08 Å². The number of amides is 1. The van der Waals surface area contributed by atoms with Gasteiger partial charge in [0, 0.05) is 25.2 Å². The van der Waals surface area contributed by atoms with Crippen LogP contribution in [0.15, 0.2) is 9.70 Å². The van der Waals surface area contributed by atoms with Crippen molar-refractivity contribution in [2.75, 3.05) is 24.5 Å². The second-order valence-corrected chi connectivity index (χ2v) is 8.78. The van der Waals surface area contributed by atoms with Gasteiger partial charge in [0.25, 0.3) is 11.5 Å². The van der Waals surface area contributed by atoms with Crippen LogP contribution in [0, 0.1) is 18.3 Å². The number of carboxylic acid groups (broad SMARTS) is 1. The van der Waals surface area contributed by atoms with Crippen LogP contribution in [-0.2, 0) is 16.1 Å². The number of hydrogen-bond acceptors (Lipinski definition) is 7. The second-order valence-electron chi connectivity index (χ2n) is 7.11. The van der Waals surface area contributed by atoms with Crippen LogP contribution in [0.5, 0.6) is 0 Å². The lowest BCUT2D eigenvalue weighted by Gasteiger charge is -2.33. The number of thiocarbonyl (C=S) groups is 1. The normalized spacial score (nSPS) is 18.2. The Bertz CT molecular complexity index is 1050. The Morgan fingerprint density at radius 1 is 1.30 bits per heavy atom. The lowest BCUT2D eigenvalue weighted by molar-refractivity contribution is -0.140. The Labute approximate surface area is 183 Å². The van der Waals surface area contributed by atoms with Gasteiger partial charge in [-0.3, -0.25) is 23.9 Å². The van der Waals surface area contributed by atoms with E-state index in [-0.39, 0.29) is 20.3 Å². The molecular weight excluding hydrogens is 424 g/mol. The lowest BCUT2D eigenvalue weighted by Crippen LogP contribution is -2.37. The van der Waals surface area contributed by atoms with E-state index in [2.05, 4.69) is 4.90 Å². The molecule has 0 radical (unpaired) electrons. The molecule has 0 bridgehead atoms. The summed E-state index contributed by atoms with van der Waals surface area (Å²) in [4.78, 5) is 40.2. The van der Waals surface area contributed by atoms with Crippen LogP contribution in [0.3, 0.4) is 0 Å². The first-order valence-corrected chi connectivity index (χ1v) is 10.9. The summed E-state index contributed by atoms with van der Waals surface area (Å²) in [5, 5.41) is 18.6. The van der Waals surface area contributed by atoms with Gasteiger partial charge in [-0.05, 0) is 44.7 Å². The van der Waals surface area contributed by atoms with E-state index in [9.17, 15) is 19.6 Å². The molecule has 1 aromatic rings. The molecule has 2 aliphatic rings. The Hall–Kier alpha value is -2.64. The highest BCUT2D eigenvalue weighted by Gasteiger charge is 2.34. The molecule has 0 aromatic carbocycles. The third-order valence-corrected chi connectivity index (χ3v) is 6.64. The fourth-order valence-electron chi connectivity index (χ4n) is 3.79. The third kappa shape index (κ3) is 4.00. The molecule has 2 fully saturated rings. The predicted molar refractivity (Wildman–Crippen MR) is 119 cm³/mol. The Morgan fingerprint density at radius 2 is 1.97 bits per heavy atom. The smallest absolute Gasteiger partial charge is 0.323 e. The number of piperidine rings is 1. The van der Waals surface area contributed by atoms with Crippen LogP contribution in [-0.4, -0.2) is 50.4 Å². The van der Waals surface area contributed by atoms with Gasteiger partial charge in [-0.1, -0.05) is 24.0 Å². The number of rotatable bonds is 5. The Kier molecular flexibility index (Phi) is 6.63. The van der Waals surface area contributed by atoms with Gasteiger partial charge in [0.1, 0.15) is 28.3 Å². The molecule has 1 amide bonds. The van der Waals surface area contributed by atoms with E-state index in [0.717, 1.165) is 49.0 Å². The first kappa shape index (κ1) is 22.1. The summed E-state index contributed by atoms with van der Waals surface area (Å²) in [6.07, 6.45) is 4.76. The van der Waals surface area contributed by atoms with Gasteiger partial charge in [-0.15, -0.1) is 0 Å². The first-order chi connectivity index (χ1) is 14.3. The van der Waals surface area contributed by atoms with E-state index in [1.54, 1.807) is 17.6 Å². The number of nitriles is 1. The molecule has 3 heterocycles. The number of thioether (sulfide) groups is 1. The Balaban J connectivity index is 2.21. The number of nitrogens with zero attached hydrogens (tertiary/aromatic N) is 4. The summed E-state index contributed by atoms with van der Waals surface area (Å²) in [5.74, 6) is -0.935. The monoisotopic (exact) mass is 446 g/mol. The minimum absolute atomic E-state index is 0.0462. The molecule has 158 valence electrons. The average molecular weight is 447 g/mol. The van der Waals surface area contributed by atoms with E-state index in [1.165, 1.54) is 0 Å². The topological polar surface area (TPSA) is 107 Å². The third-order valence-electron chi connectivity index (χ3n) is 5.26. The fourth-order valence-corrected chi connectivity index (χ4v) is 5.02. The van der Waals surface area contributed by atoms with Crippen molar-refractivity contribution in [3.05, 3.63) is 31.9 Å². The molecule has 3 rings (SSSR count). The van der Waals surface area contributed by atoms with E-state index >= 15 is 0 Å². The van der Waals surface area contributed by atoms with Crippen LogP contribution >= 0.6 is 24.0 Å². The minimum Gasteiger partial charge on any atom is -0.480 e. The first-order valence-electron chi connectivity index (χ1n) is 9.69. The predicted octanol–water partition coefficient (Wildman–Crippen LogP) is 2.32. The van der Waals surface area contributed by atoms with Gasteiger partial charge >= 0.3 is 5.97 Å². The van der Waals surface area contributed by atoms with Gasteiger partial charge in [0.05, 0.1) is 4.91 Å². The molecule has 1 aromatic heterocycles. The molecule has 0 saturated carbocycles. The summed E-state index contributed by atoms with van der Waals surface area (Å²) in [7, 11) is 0. The van der Waals surface area contributed by atoms with Gasteiger partial charge in [0.15, 0.2) is 0 Å². The number of anilines is 1. The molecule has 10 heteroatoms. The number of aliphatic carboxylic acids is 1. The largest absolute Gasteiger partial charge is 0.480 e. The summed E-state index contributed by atoms with van der Waals surface area (Å²) >= 11 is 6.21. The summed E-state index contributed by atoms with van der Waals surface area (Å²) in [5.41, 5.74) is 0.848. The number of carbonyl (C=O) groups is 2. The van der Waals surface area contributed by atoms with Crippen LogP contribution in [0.1, 0.15) is 42.9 Å².